The Morgan fingerprint density at radius 2 is 1.90 bits per heavy atom. The lowest BCUT2D eigenvalue weighted by Gasteiger charge is -2.11. The lowest BCUT2D eigenvalue weighted by molar-refractivity contribution is 0.588. The molecular formula is C16H22BrN3. The quantitative estimate of drug-likeness (QED) is 0.851. The Morgan fingerprint density at radius 1 is 1.25 bits per heavy atom. The molecule has 4 heteroatoms. The maximum absolute atomic E-state index is 6.34. The number of unbranched alkanes of at least 4 members (excludes halogenated alkanes) is 1. The summed E-state index contributed by atoms with van der Waals surface area (Å²) in [6.45, 7) is 7.46. The van der Waals surface area contributed by atoms with E-state index < -0.39 is 0 Å². The first kappa shape index (κ1) is 15.1. The van der Waals surface area contributed by atoms with Crippen molar-refractivity contribution in [3.63, 3.8) is 0 Å². The fourth-order valence-corrected chi connectivity index (χ4v) is 2.56. The summed E-state index contributed by atoms with van der Waals surface area (Å²) in [4.78, 5) is 4.78. The number of hydrogen-bond donors (Lipinski definition) is 1. The number of rotatable bonds is 5. The number of nitrogens with zero attached hydrogens (tertiary/aromatic N) is 2. The number of hydrogen-bond acceptors (Lipinski definition) is 2. The molecule has 0 saturated heterocycles. The Morgan fingerprint density at radius 3 is 2.45 bits per heavy atom. The lowest BCUT2D eigenvalue weighted by Crippen LogP contribution is -2.08. The summed E-state index contributed by atoms with van der Waals surface area (Å²) >= 11 is 3.46. The van der Waals surface area contributed by atoms with Crippen LogP contribution in [0.4, 0.5) is 5.82 Å². The number of aromatic nitrogens is 2. The van der Waals surface area contributed by atoms with Crippen molar-refractivity contribution in [1.82, 2.24) is 9.55 Å². The maximum atomic E-state index is 6.34. The third kappa shape index (κ3) is 3.06. The Hall–Kier alpha value is -1.29. The van der Waals surface area contributed by atoms with Gasteiger partial charge in [-0.05, 0) is 18.6 Å². The molecule has 0 radical (unpaired) electrons. The number of halogens is 1. The number of benzene rings is 1. The highest BCUT2D eigenvalue weighted by Gasteiger charge is 2.17. The average Bonchev–Trinajstić information content (AvgIpc) is 2.75. The SMILES string of the molecule is CCCCn1c(C(C)C)nc(-c2ccc(Br)cc2)c1N. The van der Waals surface area contributed by atoms with Gasteiger partial charge in [-0.1, -0.05) is 55.3 Å². The van der Waals surface area contributed by atoms with Gasteiger partial charge in [0.25, 0.3) is 0 Å². The highest BCUT2D eigenvalue weighted by Crippen LogP contribution is 2.30. The van der Waals surface area contributed by atoms with Crippen LogP contribution in [0.5, 0.6) is 0 Å². The van der Waals surface area contributed by atoms with E-state index in [4.69, 9.17) is 10.7 Å². The minimum atomic E-state index is 0.373. The summed E-state index contributed by atoms with van der Waals surface area (Å²) in [6.07, 6.45) is 2.28. The van der Waals surface area contributed by atoms with Gasteiger partial charge in [-0.2, -0.15) is 0 Å². The van der Waals surface area contributed by atoms with Crippen molar-refractivity contribution in [2.45, 2.75) is 46.1 Å². The monoisotopic (exact) mass is 335 g/mol. The normalized spacial score (nSPS) is 11.2. The van der Waals surface area contributed by atoms with Gasteiger partial charge >= 0.3 is 0 Å². The molecule has 108 valence electrons. The van der Waals surface area contributed by atoms with E-state index >= 15 is 0 Å². The van der Waals surface area contributed by atoms with Crippen LogP contribution in [0.1, 0.15) is 45.4 Å². The fraction of sp³-hybridized carbons (Fsp3) is 0.438. The van der Waals surface area contributed by atoms with Crippen LogP contribution in [0, 0.1) is 0 Å². The topological polar surface area (TPSA) is 43.8 Å². The minimum absolute atomic E-state index is 0.373. The van der Waals surface area contributed by atoms with Gasteiger partial charge in [0, 0.05) is 22.5 Å². The zero-order chi connectivity index (χ0) is 14.7. The summed E-state index contributed by atoms with van der Waals surface area (Å²) in [5.41, 5.74) is 8.31. The van der Waals surface area contributed by atoms with E-state index in [2.05, 4.69) is 53.4 Å². The molecule has 0 aliphatic heterocycles. The van der Waals surface area contributed by atoms with Gasteiger partial charge in [0.05, 0.1) is 0 Å². The molecule has 0 atom stereocenters. The van der Waals surface area contributed by atoms with Gasteiger partial charge in [-0.3, -0.25) is 0 Å². The molecule has 0 aliphatic rings. The molecule has 0 amide bonds. The van der Waals surface area contributed by atoms with E-state index in [-0.39, 0.29) is 0 Å². The molecule has 0 spiro atoms. The van der Waals surface area contributed by atoms with E-state index in [1.54, 1.807) is 0 Å². The van der Waals surface area contributed by atoms with Crippen molar-refractivity contribution in [3.8, 4) is 11.3 Å². The van der Waals surface area contributed by atoms with E-state index in [1.807, 2.05) is 12.1 Å². The highest BCUT2D eigenvalue weighted by molar-refractivity contribution is 9.10. The molecule has 1 aromatic carbocycles. The standard InChI is InChI=1S/C16H22BrN3/c1-4-5-10-20-15(18)14(19-16(20)11(2)3)12-6-8-13(17)9-7-12/h6-9,11H,4-5,10,18H2,1-3H3. The molecule has 20 heavy (non-hydrogen) atoms. The molecule has 0 unspecified atom stereocenters. The van der Waals surface area contributed by atoms with Crippen LogP contribution in [0.2, 0.25) is 0 Å². The molecule has 0 saturated carbocycles. The van der Waals surface area contributed by atoms with Crippen LogP contribution in [0.25, 0.3) is 11.3 Å². The second-order valence-corrected chi connectivity index (χ2v) is 6.29. The lowest BCUT2D eigenvalue weighted by atomic mass is 10.1. The van der Waals surface area contributed by atoms with Crippen molar-refractivity contribution in [2.24, 2.45) is 0 Å². The summed E-state index contributed by atoms with van der Waals surface area (Å²) in [5, 5.41) is 0. The summed E-state index contributed by atoms with van der Waals surface area (Å²) in [6, 6.07) is 8.15. The molecule has 3 nitrogen and oxygen atoms in total. The van der Waals surface area contributed by atoms with Crippen molar-refractivity contribution in [1.29, 1.82) is 0 Å². The largest absolute Gasteiger partial charge is 0.383 e. The van der Waals surface area contributed by atoms with E-state index in [1.165, 1.54) is 0 Å². The number of nitrogen functional groups attached to an aromatic ring is 1. The smallest absolute Gasteiger partial charge is 0.131 e. The maximum Gasteiger partial charge on any atom is 0.131 e. The molecule has 0 aliphatic carbocycles. The minimum Gasteiger partial charge on any atom is -0.383 e. The van der Waals surface area contributed by atoms with Gasteiger partial charge in [0.1, 0.15) is 17.3 Å². The molecule has 2 aromatic rings. The first-order valence-corrected chi connectivity index (χ1v) is 7.95. The highest BCUT2D eigenvalue weighted by atomic mass is 79.9. The van der Waals surface area contributed by atoms with Crippen LogP contribution >= 0.6 is 15.9 Å². The van der Waals surface area contributed by atoms with Crippen molar-refractivity contribution in [3.05, 3.63) is 34.6 Å². The van der Waals surface area contributed by atoms with E-state index in [0.717, 1.165) is 46.8 Å². The zero-order valence-electron chi connectivity index (χ0n) is 12.4. The molecule has 2 N–H and O–H groups in total. The number of nitrogens with two attached hydrogens (primary N) is 1. The van der Waals surface area contributed by atoms with Crippen LogP contribution in [0.15, 0.2) is 28.7 Å². The molecule has 1 aromatic heterocycles. The molecule has 0 bridgehead atoms. The molecule has 1 heterocycles. The van der Waals surface area contributed by atoms with Gasteiger partial charge in [-0.25, -0.2) is 4.98 Å². The van der Waals surface area contributed by atoms with Crippen molar-refractivity contribution >= 4 is 21.7 Å². The number of imidazole rings is 1. The van der Waals surface area contributed by atoms with Crippen LogP contribution in [-0.2, 0) is 6.54 Å². The van der Waals surface area contributed by atoms with E-state index in [9.17, 15) is 0 Å². The van der Waals surface area contributed by atoms with Crippen LogP contribution < -0.4 is 5.73 Å². The Balaban J connectivity index is 2.46. The second-order valence-electron chi connectivity index (χ2n) is 5.37. The second kappa shape index (κ2) is 6.44. The Labute approximate surface area is 129 Å². The van der Waals surface area contributed by atoms with Crippen molar-refractivity contribution in [2.75, 3.05) is 5.73 Å². The predicted molar refractivity (Wildman–Crippen MR) is 88.8 cm³/mol. The molecular weight excluding hydrogens is 314 g/mol. The van der Waals surface area contributed by atoms with Gasteiger partial charge < -0.3 is 10.3 Å². The first-order chi connectivity index (χ1) is 9.54. The third-order valence-electron chi connectivity index (χ3n) is 3.41. The predicted octanol–water partition coefficient (Wildman–Crippen LogP) is 4.82. The fourth-order valence-electron chi connectivity index (χ4n) is 2.30. The van der Waals surface area contributed by atoms with E-state index in [0.29, 0.717) is 5.92 Å². The Bertz CT molecular complexity index is 570. The number of anilines is 1. The van der Waals surface area contributed by atoms with Crippen molar-refractivity contribution < 1.29 is 0 Å². The Kier molecular flexibility index (Phi) is 4.86. The average molecular weight is 336 g/mol. The van der Waals surface area contributed by atoms with Gasteiger partial charge in [0.2, 0.25) is 0 Å². The summed E-state index contributed by atoms with van der Waals surface area (Å²) < 4.78 is 3.24. The molecule has 2 rings (SSSR count). The summed E-state index contributed by atoms with van der Waals surface area (Å²) in [5.74, 6) is 2.23. The summed E-state index contributed by atoms with van der Waals surface area (Å²) in [7, 11) is 0. The zero-order valence-corrected chi connectivity index (χ0v) is 13.9. The molecule has 0 fully saturated rings. The van der Waals surface area contributed by atoms with Crippen LogP contribution in [-0.4, -0.2) is 9.55 Å². The van der Waals surface area contributed by atoms with Gasteiger partial charge in [-0.15, -0.1) is 0 Å². The van der Waals surface area contributed by atoms with Gasteiger partial charge in [0.15, 0.2) is 0 Å². The first-order valence-electron chi connectivity index (χ1n) is 7.16. The third-order valence-corrected chi connectivity index (χ3v) is 3.93. The van der Waals surface area contributed by atoms with Crippen LogP contribution in [0.3, 0.4) is 0 Å².